The monoisotopic (exact) mass is 278 g/mol. The quantitative estimate of drug-likeness (QED) is 0.809. The molecule has 0 aromatic heterocycles. The number of amides is 1. The molecular weight excluding hydrogens is 252 g/mol. The number of piperazine rings is 1. The van der Waals surface area contributed by atoms with Gasteiger partial charge in [0.25, 0.3) is 0 Å². The lowest BCUT2D eigenvalue weighted by Crippen LogP contribution is -2.48. The summed E-state index contributed by atoms with van der Waals surface area (Å²) in [5, 5.41) is 11.9. The van der Waals surface area contributed by atoms with Gasteiger partial charge in [-0.15, -0.1) is 0 Å². The van der Waals surface area contributed by atoms with E-state index < -0.39 is 0 Å². The molecule has 0 bridgehead atoms. The van der Waals surface area contributed by atoms with Crippen LogP contribution in [0.2, 0.25) is 0 Å². The van der Waals surface area contributed by atoms with E-state index >= 15 is 0 Å². The maximum absolute atomic E-state index is 12.2. The third-order valence-corrected chi connectivity index (χ3v) is 4.49. The molecule has 2 rings (SSSR count). The van der Waals surface area contributed by atoms with E-state index in [0.717, 1.165) is 58.2 Å². The second-order valence-electron chi connectivity index (χ2n) is 5.86. The highest BCUT2D eigenvalue weighted by Crippen LogP contribution is 2.18. The molecule has 1 N–H and O–H groups in total. The van der Waals surface area contributed by atoms with Crippen LogP contribution in [0.5, 0.6) is 0 Å². The summed E-state index contributed by atoms with van der Waals surface area (Å²) in [4.78, 5) is 16.5. The molecule has 0 radical (unpaired) electrons. The maximum atomic E-state index is 12.2. The van der Waals surface area contributed by atoms with Crippen molar-refractivity contribution in [1.29, 1.82) is 5.26 Å². The van der Waals surface area contributed by atoms with Crippen LogP contribution in [0, 0.1) is 17.2 Å². The largest absolute Gasteiger partial charge is 0.340 e. The summed E-state index contributed by atoms with van der Waals surface area (Å²) in [6, 6.07) is 2.18. The first-order valence-corrected chi connectivity index (χ1v) is 7.87. The molecule has 5 heteroatoms. The molecule has 1 amide bonds. The second-order valence-corrected chi connectivity index (χ2v) is 5.86. The van der Waals surface area contributed by atoms with E-state index in [2.05, 4.69) is 16.3 Å². The highest BCUT2D eigenvalue weighted by atomic mass is 16.2. The van der Waals surface area contributed by atoms with E-state index in [9.17, 15) is 4.79 Å². The second kappa shape index (κ2) is 8.23. The number of piperidine rings is 1. The third kappa shape index (κ3) is 4.77. The molecule has 2 saturated heterocycles. The summed E-state index contributed by atoms with van der Waals surface area (Å²) in [6.45, 7) is 6.55. The molecule has 0 spiro atoms. The first kappa shape index (κ1) is 15.3. The fourth-order valence-electron chi connectivity index (χ4n) is 3.09. The fourth-order valence-corrected chi connectivity index (χ4v) is 3.09. The summed E-state index contributed by atoms with van der Waals surface area (Å²) in [5.74, 6) is 1.06. The minimum Gasteiger partial charge on any atom is -0.340 e. The topological polar surface area (TPSA) is 59.4 Å². The smallest absolute Gasteiger partial charge is 0.222 e. The van der Waals surface area contributed by atoms with Gasteiger partial charge in [0.05, 0.1) is 6.07 Å². The van der Waals surface area contributed by atoms with E-state index in [4.69, 9.17) is 5.26 Å². The zero-order valence-corrected chi connectivity index (χ0v) is 12.3. The van der Waals surface area contributed by atoms with Crippen molar-refractivity contribution in [3.8, 4) is 6.07 Å². The highest BCUT2D eigenvalue weighted by Gasteiger charge is 2.22. The van der Waals surface area contributed by atoms with Crippen LogP contribution in [0.15, 0.2) is 0 Å². The van der Waals surface area contributed by atoms with Crippen molar-refractivity contribution < 1.29 is 4.79 Å². The SMILES string of the molecule is N#CCCN1CCN(C(=O)CCC2CCNCC2)CC1. The van der Waals surface area contributed by atoms with Crippen molar-refractivity contribution in [2.24, 2.45) is 5.92 Å². The van der Waals surface area contributed by atoms with Gasteiger partial charge in [-0.1, -0.05) is 0 Å². The number of nitriles is 1. The average Bonchev–Trinajstić information content (AvgIpc) is 2.52. The number of nitrogens with one attached hydrogen (secondary N) is 1. The van der Waals surface area contributed by atoms with Crippen molar-refractivity contribution >= 4 is 5.91 Å². The number of hydrogen-bond acceptors (Lipinski definition) is 4. The van der Waals surface area contributed by atoms with Gasteiger partial charge in [-0.05, 0) is 38.3 Å². The van der Waals surface area contributed by atoms with Crippen molar-refractivity contribution in [3.63, 3.8) is 0 Å². The average molecular weight is 278 g/mol. The predicted octanol–water partition coefficient (Wildman–Crippen LogP) is 0.824. The summed E-state index contributed by atoms with van der Waals surface area (Å²) < 4.78 is 0. The molecule has 2 aliphatic heterocycles. The fraction of sp³-hybridized carbons (Fsp3) is 0.867. The van der Waals surface area contributed by atoms with Crippen molar-refractivity contribution in [2.45, 2.75) is 32.1 Å². The Kier molecular flexibility index (Phi) is 6.28. The minimum absolute atomic E-state index is 0.323. The number of hydrogen-bond donors (Lipinski definition) is 1. The summed E-state index contributed by atoms with van der Waals surface area (Å²) in [7, 11) is 0. The molecule has 2 fully saturated rings. The molecule has 2 aliphatic rings. The first-order valence-electron chi connectivity index (χ1n) is 7.87. The summed E-state index contributed by atoms with van der Waals surface area (Å²) in [5.41, 5.74) is 0. The minimum atomic E-state index is 0.323. The lowest BCUT2D eigenvalue weighted by molar-refractivity contribution is -0.133. The molecule has 112 valence electrons. The Morgan fingerprint density at radius 2 is 1.90 bits per heavy atom. The van der Waals surface area contributed by atoms with Crippen LogP contribution < -0.4 is 5.32 Å². The van der Waals surface area contributed by atoms with Gasteiger partial charge in [0, 0.05) is 45.6 Å². The molecule has 0 atom stereocenters. The van der Waals surface area contributed by atoms with Crippen LogP contribution in [0.1, 0.15) is 32.1 Å². The molecule has 20 heavy (non-hydrogen) atoms. The number of carbonyl (C=O) groups is 1. The Bertz CT molecular complexity index is 338. The van der Waals surface area contributed by atoms with Gasteiger partial charge >= 0.3 is 0 Å². The van der Waals surface area contributed by atoms with Gasteiger partial charge in [-0.25, -0.2) is 0 Å². The van der Waals surface area contributed by atoms with Crippen LogP contribution in [0.25, 0.3) is 0 Å². The molecule has 0 aliphatic carbocycles. The molecule has 0 saturated carbocycles. The molecule has 0 aromatic rings. The summed E-state index contributed by atoms with van der Waals surface area (Å²) >= 11 is 0. The van der Waals surface area contributed by atoms with Gasteiger partial charge in [-0.2, -0.15) is 5.26 Å². The highest BCUT2D eigenvalue weighted by molar-refractivity contribution is 5.76. The molecular formula is C15H26N4O. The van der Waals surface area contributed by atoms with Crippen LogP contribution in [-0.4, -0.2) is 61.5 Å². The van der Waals surface area contributed by atoms with E-state index in [1.54, 1.807) is 0 Å². The molecule has 5 nitrogen and oxygen atoms in total. The molecule has 2 heterocycles. The van der Waals surface area contributed by atoms with Gasteiger partial charge in [0.1, 0.15) is 0 Å². The summed E-state index contributed by atoms with van der Waals surface area (Å²) in [6.07, 6.45) is 4.78. The van der Waals surface area contributed by atoms with Gasteiger partial charge in [0.15, 0.2) is 0 Å². The van der Waals surface area contributed by atoms with Crippen LogP contribution in [0.3, 0.4) is 0 Å². The predicted molar refractivity (Wildman–Crippen MR) is 78.1 cm³/mol. The zero-order valence-electron chi connectivity index (χ0n) is 12.3. The zero-order chi connectivity index (χ0) is 14.2. The first-order chi connectivity index (χ1) is 9.79. The Morgan fingerprint density at radius 1 is 1.20 bits per heavy atom. The molecule has 0 aromatic carbocycles. The van der Waals surface area contributed by atoms with E-state index in [1.807, 2.05) is 4.90 Å². The number of nitrogens with zero attached hydrogens (tertiary/aromatic N) is 3. The van der Waals surface area contributed by atoms with Crippen LogP contribution in [0.4, 0.5) is 0 Å². The van der Waals surface area contributed by atoms with Crippen molar-refractivity contribution in [1.82, 2.24) is 15.1 Å². The van der Waals surface area contributed by atoms with E-state index in [-0.39, 0.29) is 0 Å². The van der Waals surface area contributed by atoms with Gasteiger partial charge in [-0.3, -0.25) is 9.69 Å². The Morgan fingerprint density at radius 3 is 2.55 bits per heavy atom. The Labute approximate surface area is 121 Å². The maximum Gasteiger partial charge on any atom is 0.222 e. The standard InChI is InChI=1S/C15H26N4O/c16-6-1-9-18-10-12-19(13-11-18)15(20)3-2-14-4-7-17-8-5-14/h14,17H,1-5,7-13H2. The van der Waals surface area contributed by atoms with Gasteiger partial charge in [0.2, 0.25) is 5.91 Å². The Hall–Kier alpha value is -1.12. The van der Waals surface area contributed by atoms with Crippen LogP contribution in [-0.2, 0) is 4.79 Å². The Balaban J connectivity index is 1.63. The molecule has 0 unspecified atom stereocenters. The third-order valence-electron chi connectivity index (χ3n) is 4.49. The van der Waals surface area contributed by atoms with Crippen molar-refractivity contribution in [2.75, 3.05) is 45.8 Å². The van der Waals surface area contributed by atoms with Crippen molar-refractivity contribution in [3.05, 3.63) is 0 Å². The lowest BCUT2D eigenvalue weighted by atomic mass is 9.93. The van der Waals surface area contributed by atoms with Crippen LogP contribution >= 0.6 is 0 Å². The van der Waals surface area contributed by atoms with E-state index in [0.29, 0.717) is 18.7 Å². The van der Waals surface area contributed by atoms with Gasteiger partial charge < -0.3 is 10.2 Å². The number of rotatable bonds is 5. The normalized spacial score (nSPS) is 21.6. The lowest BCUT2D eigenvalue weighted by Gasteiger charge is -2.34. The van der Waals surface area contributed by atoms with E-state index in [1.165, 1.54) is 12.8 Å². The number of carbonyl (C=O) groups excluding carboxylic acids is 1.